The Hall–Kier alpha value is -5.63. The highest BCUT2D eigenvalue weighted by Gasteiger charge is 2.31. The van der Waals surface area contributed by atoms with Gasteiger partial charge in [-0.25, -0.2) is 4.68 Å². The molecule has 2 aliphatic heterocycles. The molecule has 2 fully saturated rings. The van der Waals surface area contributed by atoms with Gasteiger partial charge in [0.25, 0.3) is 17.5 Å². The van der Waals surface area contributed by atoms with Crippen LogP contribution in [0.15, 0.2) is 73.1 Å². The highest BCUT2D eigenvalue weighted by atomic mass is 35.5. The van der Waals surface area contributed by atoms with Crippen molar-refractivity contribution in [2.24, 2.45) is 7.05 Å². The number of methoxy groups -OCH3 is 1. The van der Waals surface area contributed by atoms with Crippen LogP contribution in [0.5, 0.6) is 5.75 Å². The van der Waals surface area contributed by atoms with Crippen molar-refractivity contribution in [2.45, 2.75) is 0 Å². The number of hydrogen-bond acceptors (Lipinski definition) is 10. The number of aromatic nitrogens is 3. The number of anilines is 3. The molecule has 2 aliphatic rings. The van der Waals surface area contributed by atoms with Gasteiger partial charge in [0.1, 0.15) is 23.7 Å². The Balaban J connectivity index is 1.18. The fourth-order valence-corrected chi connectivity index (χ4v) is 5.96. The first-order valence-corrected chi connectivity index (χ1v) is 15.1. The lowest BCUT2D eigenvalue weighted by atomic mass is 10.1. The van der Waals surface area contributed by atoms with Crippen molar-refractivity contribution in [3.8, 4) is 17.0 Å². The molecule has 0 atom stereocenters. The summed E-state index contributed by atoms with van der Waals surface area (Å²) in [7, 11) is 3.21. The number of aryl methyl sites for hydroxylation is 1. The Morgan fingerprint density at radius 2 is 1.79 bits per heavy atom. The first kappa shape index (κ1) is 31.4. The fourth-order valence-electron chi connectivity index (χ4n) is 5.68. The van der Waals surface area contributed by atoms with Crippen molar-refractivity contribution in [3.05, 3.63) is 99.5 Å². The molecular weight excluding hydrogens is 628 g/mol. The van der Waals surface area contributed by atoms with Crippen LogP contribution in [-0.2, 0) is 11.8 Å². The van der Waals surface area contributed by atoms with E-state index in [2.05, 4.69) is 22.2 Å². The number of nitro benzene ring substituents is 1. The van der Waals surface area contributed by atoms with E-state index in [1.54, 1.807) is 49.4 Å². The summed E-state index contributed by atoms with van der Waals surface area (Å²) in [5, 5.41) is 23.1. The van der Waals surface area contributed by atoms with Crippen LogP contribution in [0, 0.1) is 10.1 Å². The number of nitrogens with one attached hydrogen (secondary N) is 1. The van der Waals surface area contributed by atoms with Crippen molar-refractivity contribution in [2.75, 3.05) is 61.6 Å². The lowest BCUT2D eigenvalue weighted by Gasteiger charge is -2.36. The Kier molecular flexibility index (Phi) is 8.68. The van der Waals surface area contributed by atoms with Gasteiger partial charge in [0.15, 0.2) is 11.6 Å². The van der Waals surface area contributed by atoms with E-state index in [4.69, 9.17) is 21.1 Å². The normalized spacial score (nSPS) is 14.6. The zero-order chi connectivity index (χ0) is 33.2. The lowest BCUT2D eigenvalue weighted by Crippen LogP contribution is -2.49. The summed E-state index contributed by atoms with van der Waals surface area (Å²) in [6.07, 6.45) is 0. The molecule has 6 rings (SSSR count). The van der Waals surface area contributed by atoms with Crippen molar-refractivity contribution >= 4 is 46.2 Å². The summed E-state index contributed by atoms with van der Waals surface area (Å²) < 4.78 is 12.3. The molecule has 47 heavy (non-hydrogen) atoms. The van der Waals surface area contributed by atoms with Crippen LogP contribution < -0.4 is 19.9 Å². The molecule has 14 nitrogen and oxygen atoms in total. The standard InChI is InChI=1S/C32H31ClN8O6/c1-20-40(16-17-47-20)22-10-8-21(9-11-22)31(42)34-25-19-26(24(33)18-27(25)41(44)45)38-12-14-39(15-13-38)32(43)30-29(35-36-37(30)2)23-6-4-5-7-28(23)46-3/h4-11,18-19H,1,12-17H2,2-3H3,(H,34,42). The third kappa shape index (κ3) is 6.14. The number of rotatable bonds is 8. The van der Waals surface area contributed by atoms with Crippen molar-refractivity contribution < 1.29 is 24.0 Å². The molecular formula is C32H31ClN8O6. The Bertz CT molecular complexity index is 1870. The van der Waals surface area contributed by atoms with Gasteiger partial charge in [0.05, 0.1) is 29.3 Å². The number of benzene rings is 3. The maximum Gasteiger partial charge on any atom is 0.294 e. The predicted molar refractivity (Wildman–Crippen MR) is 176 cm³/mol. The van der Waals surface area contributed by atoms with Crippen molar-refractivity contribution in [1.29, 1.82) is 0 Å². The fraction of sp³-hybridized carbons (Fsp3) is 0.250. The minimum atomic E-state index is -0.592. The van der Waals surface area contributed by atoms with Gasteiger partial charge in [-0.1, -0.05) is 28.9 Å². The predicted octanol–water partition coefficient (Wildman–Crippen LogP) is 4.57. The summed E-state index contributed by atoms with van der Waals surface area (Å²) in [5.41, 5.74) is 2.70. The van der Waals surface area contributed by atoms with E-state index in [0.717, 1.165) is 5.69 Å². The van der Waals surface area contributed by atoms with Crippen LogP contribution in [0.4, 0.5) is 22.7 Å². The number of amides is 2. The molecule has 1 N–H and O–H groups in total. The first-order chi connectivity index (χ1) is 22.7. The number of halogens is 1. The molecule has 0 unspecified atom stereocenters. The van der Waals surface area contributed by atoms with E-state index >= 15 is 0 Å². The van der Waals surface area contributed by atoms with Crippen molar-refractivity contribution in [3.63, 3.8) is 0 Å². The average molecular weight is 659 g/mol. The molecule has 2 saturated heterocycles. The summed E-state index contributed by atoms with van der Waals surface area (Å²) in [5.74, 6) is 0.343. The zero-order valence-corrected chi connectivity index (χ0v) is 26.4. The number of hydrogen-bond donors (Lipinski definition) is 1. The maximum atomic E-state index is 13.7. The minimum absolute atomic E-state index is 0.00529. The smallest absolute Gasteiger partial charge is 0.294 e. The lowest BCUT2D eigenvalue weighted by molar-refractivity contribution is -0.383. The largest absolute Gasteiger partial charge is 0.496 e. The average Bonchev–Trinajstić information content (AvgIpc) is 3.69. The SMILES string of the molecule is C=C1OCCN1c1ccc(C(=O)Nc2cc(N3CCN(C(=O)c4c(-c5ccccc5OC)nnn4C)CC3)c(Cl)cc2[N+](=O)[O-])cc1. The van der Waals surface area contributed by atoms with Crippen LogP contribution in [-0.4, -0.2) is 83.1 Å². The van der Waals surface area contributed by atoms with Gasteiger partial charge in [0, 0.05) is 56.1 Å². The van der Waals surface area contributed by atoms with Gasteiger partial charge in [0.2, 0.25) is 0 Å². The molecule has 242 valence electrons. The maximum absolute atomic E-state index is 13.7. The third-order valence-electron chi connectivity index (χ3n) is 8.13. The summed E-state index contributed by atoms with van der Waals surface area (Å²) in [4.78, 5) is 43.8. The van der Waals surface area contributed by atoms with Gasteiger partial charge in [-0.15, -0.1) is 5.10 Å². The van der Waals surface area contributed by atoms with Crippen LogP contribution >= 0.6 is 11.6 Å². The number of nitro groups is 1. The van der Waals surface area contributed by atoms with E-state index in [0.29, 0.717) is 79.2 Å². The molecule has 1 aromatic heterocycles. The van der Waals surface area contributed by atoms with E-state index in [-0.39, 0.29) is 22.3 Å². The molecule has 0 radical (unpaired) electrons. The van der Waals surface area contributed by atoms with Crippen LogP contribution in [0.1, 0.15) is 20.8 Å². The number of para-hydroxylation sites is 1. The van der Waals surface area contributed by atoms with E-state index in [1.165, 1.54) is 16.8 Å². The summed E-state index contributed by atoms with van der Waals surface area (Å²) in [6.45, 7) is 6.50. The Morgan fingerprint density at radius 1 is 1.06 bits per heavy atom. The van der Waals surface area contributed by atoms with Gasteiger partial charge in [-0.05, 0) is 49.0 Å². The molecule has 4 aromatic rings. The number of carbonyl (C=O) groups excluding carboxylic acids is 2. The zero-order valence-electron chi connectivity index (χ0n) is 25.7. The minimum Gasteiger partial charge on any atom is -0.496 e. The quantitative estimate of drug-likeness (QED) is 0.211. The van der Waals surface area contributed by atoms with E-state index in [9.17, 15) is 19.7 Å². The molecule has 3 heterocycles. The molecule has 0 saturated carbocycles. The molecule has 0 spiro atoms. The van der Waals surface area contributed by atoms with Gasteiger partial charge < -0.3 is 29.5 Å². The van der Waals surface area contributed by atoms with E-state index in [1.807, 2.05) is 28.0 Å². The second kappa shape index (κ2) is 13.0. The highest BCUT2D eigenvalue weighted by Crippen LogP contribution is 2.38. The monoisotopic (exact) mass is 658 g/mol. The van der Waals surface area contributed by atoms with Crippen LogP contribution in [0.3, 0.4) is 0 Å². The first-order valence-electron chi connectivity index (χ1n) is 14.7. The van der Waals surface area contributed by atoms with Gasteiger partial charge in [-0.2, -0.15) is 0 Å². The molecule has 3 aromatic carbocycles. The molecule has 2 amide bonds. The number of ether oxygens (including phenoxy) is 2. The number of nitrogens with zero attached hydrogens (tertiary/aromatic N) is 7. The molecule has 0 aliphatic carbocycles. The van der Waals surface area contributed by atoms with Crippen LogP contribution in [0.25, 0.3) is 11.3 Å². The second-order valence-corrected chi connectivity index (χ2v) is 11.3. The molecule has 15 heteroatoms. The highest BCUT2D eigenvalue weighted by molar-refractivity contribution is 6.33. The Morgan fingerprint density at radius 3 is 2.45 bits per heavy atom. The van der Waals surface area contributed by atoms with Crippen molar-refractivity contribution in [1.82, 2.24) is 19.9 Å². The summed E-state index contributed by atoms with van der Waals surface area (Å²) >= 11 is 6.55. The topological polar surface area (TPSA) is 148 Å². The van der Waals surface area contributed by atoms with Crippen LogP contribution in [0.2, 0.25) is 5.02 Å². The number of carbonyl (C=O) groups is 2. The molecule has 0 bridgehead atoms. The third-order valence-corrected chi connectivity index (χ3v) is 8.44. The summed E-state index contributed by atoms with van der Waals surface area (Å²) in [6, 6.07) is 16.8. The van der Waals surface area contributed by atoms with E-state index < -0.39 is 10.8 Å². The van der Waals surface area contributed by atoms with Gasteiger partial charge in [-0.3, -0.25) is 19.7 Å². The van der Waals surface area contributed by atoms with Gasteiger partial charge >= 0.3 is 0 Å². The second-order valence-electron chi connectivity index (χ2n) is 10.9. The Labute approximate surface area is 274 Å². The number of piperazine rings is 1.